The second-order valence-electron chi connectivity index (χ2n) is 4.93. The highest BCUT2D eigenvalue weighted by Gasteiger charge is 2.25. The Labute approximate surface area is 126 Å². The van der Waals surface area contributed by atoms with Gasteiger partial charge in [0.1, 0.15) is 5.82 Å². The summed E-state index contributed by atoms with van der Waals surface area (Å²) in [5.41, 5.74) is 0.992. The number of sulfonamides is 1. The van der Waals surface area contributed by atoms with Crippen LogP contribution in [0.2, 0.25) is 5.02 Å². The smallest absolute Gasteiger partial charge is 0.240 e. The van der Waals surface area contributed by atoms with Crippen molar-refractivity contribution in [1.82, 2.24) is 14.5 Å². The number of hydrogen-bond acceptors (Lipinski definition) is 3. The molecular formula is C13H13ClFN3O2S. The maximum absolute atomic E-state index is 13.1. The number of halogens is 2. The summed E-state index contributed by atoms with van der Waals surface area (Å²) in [6.45, 7) is 0.666. The number of aromatic nitrogens is 2. The maximum Gasteiger partial charge on any atom is 0.240 e. The average molecular weight is 330 g/mol. The summed E-state index contributed by atoms with van der Waals surface area (Å²) in [5, 5.41) is 3.94. The van der Waals surface area contributed by atoms with Gasteiger partial charge in [0.05, 0.1) is 9.92 Å². The molecule has 0 saturated heterocycles. The van der Waals surface area contributed by atoms with Gasteiger partial charge in [-0.2, -0.15) is 5.10 Å². The van der Waals surface area contributed by atoms with Crippen LogP contribution in [0.25, 0.3) is 0 Å². The van der Waals surface area contributed by atoms with Crippen molar-refractivity contribution in [2.45, 2.75) is 30.3 Å². The van der Waals surface area contributed by atoms with E-state index in [2.05, 4.69) is 9.82 Å². The molecule has 8 heteroatoms. The van der Waals surface area contributed by atoms with Gasteiger partial charge in [0.25, 0.3) is 0 Å². The largest absolute Gasteiger partial charge is 0.269 e. The Morgan fingerprint density at radius 3 is 2.95 bits per heavy atom. The molecule has 0 unspecified atom stereocenters. The van der Waals surface area contributed by atoms with E-state index in [1.807, 2.05) is 10.7 Å². The monoisotopic (exact) mass is 329 g/mol. The van der Waals surface area contributed by atoms with Crippen molar-refractivity contribution >= 4 is 21.6 Å². The van der Waals surface area contributed by atoms with E-state index >= 15 is 0 Å². The second-order valence-corrected chi connectivity index (χ2v) is 7.05. The fraction of sp³-hybridized carbons (Fsp3) is 0.308. The third-order valence-electron chi connectivity index (χ3n) is 3.47. The molecule has 2 heterocycles. The summed E-state index contributed by atoms with van der Waals surface area (Å²) in [4.78, 5) is -0.0343. The van der Waals surface area contributed by atoms with Crippen molar-refractivity contribution in [2.75, 3.05) is 0 Å². The lowest BCUT2D eigenvalue weighted by atomic mass is 10.1. The zero-order valence-electron chi connectivity index (χ0n) is 11.0. The molecule has 1 aliphatic rings. The van der Waals surface area contributed by atoms with Crippen LogP contribution in [0.15, 0.2) is 35.4 Å². The van der Waals surface area contributed by atoms with Crippen molar-refractivity contribution in [3.05, 3.63) is 47.0 Å². The second kappa shape index (κ2) is 5.40. The van der Waals surface area contributed by atoms with Crippen molar-refractivity contribution in [3.8, 4) is 0 Å². The maximum atomic E-state index is 13.1. The molecule has 0 bridgehead atoms. The predicted molar refractivity (Wildman–Crippen MR) is 76.1 cm³/mol. The number of aryl methyl sites for hydroxylation is 1. The Hall–Kier alpha value is -1.44. The van der Waals surface area contributed by atoms with E-state index in [1.165, 1.54) is 6.07 Å². The molecule has 0 fully saturated rings. The molecule has 0 spiro atoms. The highest BCUT2D eigenvalue weighted by atomic mass is 35.5. The Bertz CT molecular complexity index is 775. The lowest BCUT2D eigenvalue weighted by molar-refractivity contribution is 0.414. The van der Waals surface area contributed by atoms with Crippen molar-refractivity contribution in [3.63, 3.8) is 0 Å². The van der Waals surface area contributed by atoms with E-state index in [4.69, 9.17) is 11.6 Å². The number of fused-ring (bicyclic) bond motifs is 1. The topological polar surface area (TPSA) is 64.0 Å². The van der Waals surface area contributed by atoms with Gasteiger partial charge in [0, 0.05) is 30.9 Å². The molecule has 0 saturated carbocycles. The van der Waals surface area contributed by atoms with Crippen LogP contribution in [0, 0.1) is 5.82 Å². The van der Waals surface area contributed by atoms with E-state index < -0.39 is 15.8 Å². The summed E-state index contributed by atoms with van der Waals surface area (Å²) >= 11 is 5.64. The lowest BCUT2D eigenvalue weighted by Gasteiger charge is -2.24. The zero-order valence-corrected chi connectivity index (χ0v) is 12.5. The third-order valence-corrected chi connectivity index (χ3v) is 5.28. The number of hydrogen-bond donors (Lipinski definition) is 1. The summed E-state index contributed by atoms with van der Waals surface area (Å²) in [7, 11) is -3.72. The van der Waals surface area contributed by atoms with Crippen molar-refractivity contribution < 1.29 is 12.8 Å². The van der Waals surface area contributed by atoms with Crippen LogP contribution in [-0.4, -0.2) is 24.2 Å². The molecule has 1 aromatic heterocycles. The van der Waals surface area contributed by atoms with Gasteiger partial charge in [0.2, 0.25) is 10.0 Å². The molecule has 5 nitrogen and oxygen atoms in total. The van der Waals surface area contributed by atoms with Crippen LogP contribution in [0.1, 0.15) is 12.1 Å². The minimum absolute atomic E-state index is 0.0343. The molecule has 0 aliphatic carbocycles. The highest BCUT2D eigenvalue weighted by Crippen LogP contribution is 2.21. The summed E-state index contributed by atoms with van der Waals surface area (Å²) in [6, 6.07) is 5.04. The van der Waals surface area contributed by atoms with E-state index in [0.29, 0.717) is 19.4 Å². The zero-order chi connectivity index (χ0) is 15.0. The minimum Gasteiger partial charge on any atom is -0.269 e. The van der Waals surface area contributed by atoms with E-state index in [0.717, 1.165) is 17.8 Å². The summed E-state index contributed by atoms with van der Waals surface area (Å²) < 4.78 is 42.2. The van der Waals surface area contributed by atoms with Gasteiger partial charge in [-0.25, -0.2) is 17.5 Å². The van der Waals surface area contributed by atoms with Crippen molar-refractivity contribution in [1.29, 1.82) is 0 Å². The van der Waals surface area contributed by atoms with Crippen LogP contribution >= 0.6 is 11.6 Å². The molecule has 1 aromatic carbocycles. The van der Waals surface area contributed by atoms with Gasteiger partial charge in [0.15, 0.2) is 0 Å². The Morgan fingerprint density at radius 2 is 2.19 bits per heavy atom. The predicted octanol–water partition coefficient (Wildman–Crippen LogP) is 1.97. The van der Waals surface area contributed by atoms with Gasteiger partial charge in [-0.1, -0.05) is 11.6 Å². The molecule has 1 N–H and O–H groups in total. The number of nitrogens with zero attached hydrogens (tertiary/aromatic N) is 2. The first kappa shape index (κ1) is 14.5. The quantitative estimate of drug-likeness (QED) is 0.936. The van der Waals surface area contributed by atoms with Gasteiger partial charge < -0.3 is 0 Å². The molecule has 21 heavy (non-hydrogen) atoms. The molecule has 0 amide bonds. The van der Waals surface area contributed by atoms with E-state index in [9.17, 15) is 12.8 Å². The third kappa shape index (κ3) is 2.95. The van der Waals surface area contributed by atoms with Gasteiger partial charge in [-0.3, -0.25) is 4.68 Å². The highest BCUT2D eigenvalue weighted by molar-refractivity contribution is 7.89. The Kier molecular flexibility index (Phi) is 3.73. The van der Waals surface area contributed by atoms with Crippen LogP contribution in [0.4, 0.5) is 4.39 Å². The first-order chi connectivity index (χ1) is 9.95. The molecule has 1 atom stereocenters. The van der Waals surface area contributed by atoms with E-state index in [-0.39, 0.29) is 16.0 Å². The van der Waals surface area contributed by atoms with Crippen LogP contribution in [0.5, 0.6) is 0 Å². The molecule has 3 rings (SSSR count). The molecule has 2 aromatic rings. The molecular weight excluding hydrogens is 317 g/mol. The van der Waals surface area contributed by atoms with Gasteiger partial charge >= 0.3 is 0 Å². The fourth-order valence-corrected chi connectivity index (χ4v) is 3.94. The van der Waals surface area contributed by atoms with E-state index in [1.54, 1.807) is 6.20 Å². The normalized spacial score (nSPS) is 18.5. The van der Waals surface area contributed by atoms with Crippen molar-refractivity contribution in [2.24, 2.45) is 0 Å². The first-order valence-electron chi connectivity index (χ1n) is 6.44. The standard InChI is InChI=1S/C13H13ClFN3O2S/c14-12-8-11(1-2-13(12)15)21(19,20)17-9-4-6-18-10(7-9)3-5-16-18/h1-3,5,8-9,17H,4,6-7H2/t9-/m0/s1. The van der Waals surface area contributed by atoms with Gasteiger partial charge in [-0.05, 0) is 30.7 Å². The van der Waals surface area contributed by atoms with Gasteiger partial charge in [-0.15, -0.1) is 0 Å². The Morgan fingerprint density at radius 1 is 1.38 bits per heavy atom. The van der Waals surface area contributed by atoms with Crippen LogP contribution in [-0.2, 0) is 23.0 Å². The number of nitrogens with one attached hydrogen (secondary N) is 1. The van der Waals surface area contributed by atoms with Crippen LogP contribution < -0.4 is 4.72 Å². The SMILES string of the molecule is O=S(=O)(N[C@H]1CCn2nccc2C1)c1ccc(F)c(Cl)c1. The molecule has 112 valence electrons. The number of benzene rings is 1. The lowest BCUT2D eigenvalue weighted by Crippen LogP contribution is -2.40. The number of rotatable bonds is 3. The Balaban J connectivity index is 1.79. The molecule has 0 radical (unpaired) electrons. The molecule has 1 aliphatic heterocycles. The van der Waals surface area contributed by atoms with Crippen LogP contribution in [0.3, 0.4) is 0 Å². The first-order valence-corrected chi connectivity index (χ1v) is 8.30. The minimum atomic E-state index is -3.72. The average Bonchev–Trinajstić information content (AvgIpc) is 2.88. The summed E-state index contributed by atoms with van der Waals surface area (Å²) in [6.07, 6.45) is 2.93. The fourth-order valence-electron chi connectivity index (χ4n) is 2.40. The summed E-state index contributed by atoms with van der Waals surface area (Å²) in [5.74, 6) is -0.641.